The zero-order valence-corrected chi connectivity index (χ0v) is 13.7. The molecule has 1 aliphatic heterocycles. The largest absolute Gasteiger partial charge is 0.468 e. The summed E-state index contributed by atoms with van der Waals surface area (Å²) in [4.78, 5) is 14.9. The molecular formula is C16H30N2O2. The van der Waals surface area contributed by atoms with Gasteiger partial charge >= 0.3 is 5.97 Å². The van der Waals surface area contributed by atoms with Crippen molar-refractivity contribution < 1.29 is 9.53 Å². The van der Waals surface area contributed by atoms with Crippen molar-refractivity contribution in [2.45, 2.75) is 58.5 Å². The Morgan fingerprint density at radius 2 is 2.10 bits per heavy atom. The van der Waals surface area contributed by atoms with Gasteiger partial charge in [0.05, 0.1) is 7.11 Å². The van der Waals surface area contributed by atoms with E-state index in [2.05, 4.69) is 37.9 Å². The molecule has 1 atom stereocenters. The number of ether oxygens (including phenoxy) is 1. The van der Waals surface area contributed by atoms with Crippen LogP contribution in [0.1, 0.15) is 47.0 Å². The standard InChI is InChI=1S/C16H30N2O2/c1-12(2)17-16(13-6-7-13,14(19)20-5)11-18-9-8-15(3,4)10-18/h12-13,17H,6-11H2,1-5H3. The molecule has 2 rings (SSSR count). The fourth-order valence-electron chi connectivity index (χ4n) is 3.57. The third-order valence-electron chi connectivity index (χ3n) is 4.60. The average Bonchev–Trinajstić information content (AvgIpc) is 3.13. The summed E-state index contributed by atoms with van der Waals surface area (Å²) in [6.07, 6.45) is 3.47. The number of nitrogens with zero attached hydrogens (tertiary/aromatic N) is 1. The minimum atomic E-state index is -0.511. The molecular weight excluding hydrogens is 252 g/mol. The van der Waals surface area contributed by atoms with E-state index in [9.17, 15) is 4.79 Å². The van der Waals surface area contributed by atoms with E-state index in [1.807, 2.05) is 0 Å². The van der Waals surface area contributed by atoms with Gasteiger partial charge in [-0.25, -0.2) is 4.79 Å². The number of rotatable bonds is 6. The maximum Gasteiger partial charge on any atom is 0.327 e. The summed E-state index contributed by atoms with van der Waals surface area (Å²) in [7, 11) is 1.51. The number of hydrogen-bond acceptors (Lipinski definition) is 4. The second-order valence-corrected chi connectivity index (χ2v) is 7.66. The fraction of sp³-hybridized carbons (Fsp3) is 0.938. The molecule has 1 unspecified atom stereocenters. The average molecular weight is 282 g/mol. The van der Waals surface area contributed by atoms with Crippen LogP contribution in [0.15, 0.2) is 0 Å². The number of nitrogens with one attached hydrogen (secondary N) is 1. The van der Waals surface area contributed by atoms with Crippen molar-refractivity contribution in [2.24, 2.45) is 11.3 Å². The number of hydrogen-bond donors (Lipinski definition) is 1. The molecule has 0 amide bonds. The van der Waals surface area contributed by atoms with Crippen LogP contribution < -0.4 is 5.32 Å². The Bertz CT molecular complexity index is 363. The highest BCUT2D eigenvalue weighted by atomic mass is 16.5. The van der Waals surface area contributed by atoms with Crippen molar-refractivity contribution in [3.8, 4) is 0 Å². The van der Waals surface area contributed by atoms with Gasteiger partial charge < -0.3 is 9.64 Å². The van der Waals surface area contributed by atoms with Crippen molar-refractivity contribution in [3.63, 3.8) is 0 Å². The quantitative estimate of drug-likeness (QED) is 0.757. The lowest BCUT2D eigenvalue weighted by atomic mass is 9.90. The van der Waals surface area contributed by atoms with Crippen molar-refractivity contribution >= 4 is 5.97 Å². The molecule has 1 aliphatic carbocycles. The number of likely N-dealkylation sites (tertiary alicyclic amines) is 1. The second-order valence-electron chi connectivity index (χ2n) is 7.66. The van der Waals surface area contributed by atoms with Crippen LogP contribution >= 0.6 is 0 Å². The van der Waals surface area contributed by atoms with E-state index in [4.69, 9.17) is 4.74 Å². The third-order valence-corrected chi connectivity index (χ3v) is 4.60. The van der Waals surface area contributed by atoms with Crippen LogP contribution in [0.4, 0.5) is 0 Å². The van der Waals surface area contributed by atoms with Gasteiger partial charge in [0.1, 0.15) is 5.54 Å². The van der Waals surface area contributed by atoms with Crippen molar-refractivity contribution in [1.82, 2.24) is 10.2 Å². The second kappa shape index (κ2) is 5.64. The van der Waals surface area contributed by atoms with E-state index in [-0.39, 0.29) is 12.0 Å². The number of esters is 1. The summed E-state index contributed by atoms with van der Waals surface area (Å²) in [5, 5.41) is 3.54. The van der Waals surface area contributed by atoms with Crippen LogP contribution in [-0.4, -0.2) is 49.2 Å². The van der Waals surface area contributed by atoms with Gasteiger partial charge in [-0.2, -0.15) is 0 Å². The molecule has 0 spiro atoms. The summed E-state index contributed by atoms with van der Waals surface area (Å²) in [6, 6.07) is 0.283. The molecule has 2 aliphatic rings. The normalized spacial score (nSPS) is 25.7. The fourth-order valence-corrected chi connectivity index (χ4v) is 3.57. The van der Waals surface area contributed by atoms with E-state index >= 15 is 0 Å². The van der Waals surface area contributed by atoms with Crippen LogP contribution in [0, 0.1) is 11.3 Å². The Balaban J connectivity index is 2.15. The third kappa shape index (κ3) is 3.34. The number of methoxy groups -OCH3 is 1. The van der Waals surface area contributed by atoms with Crippen LogP contribution in [-0.2, 0) is 9.53 Å². The summed E-state index contributed by atoms with van der Waals surface area (Å²) in [5.74, 6) is 0.347. The minimum absolute atomic E-state index is 0.0848. The minimum Gasteiger partial charge on any atom is -0.468 e. The molecule has 0 radical (unpaired) electrons. The van der Waals surface area contributed by atoms with Gasteiger partial charge in [-0.3, -0.25) is 5.32 Å². The molecule has 1 heterocycles. The number of carbonyl (C=O) groups is 1. The lowest BCUT2D eigenvalue weighted by molar-refractivity contribution is -0.151. The van der Waals surface area contributed by atoms with Crippen LogP contribution in [0.5, 0.6) is 0 Å². The first-order valence-corrected chi connectivity index (χ1v) is 7.87. The lowest BCUT2D eigenvalue weighted by Crippen LogP contribution is -2.62. The lowest BCUT2D eigenvalue weighted by Gasteiger charge is -2.37. The van der Waals surface area contributed by atoms with Gasteiger partial charge in [0.25, 0.3) is 0 Å². The first-order chi connectivity index (χ1) is 9.29. The first kappa shape index (κ1) is 15.8. The molecule has 2 fully saturated rings. The molecule has 116 valence electrons. The molecule has 1 N–H and O–H groups in total. The Hall–Kier alpha value is -0.610. The molecule has 4 nitrogen and oxygen atoms in total. The Morgan fingerprint density at radius 3 is 2.50 bits per heavy atom. The summed E-state index contributed by atoms with van der Waals surface area (Å²) in [6.45, 7) is 11.8. The van der Waals surface area contributed by atoms with Gasteiger partial charge in [0.2, 0.25) is 0 Å². The molecule has 0 aromatic rings. The van der Waals surface area contributed by atoms with Gasteiger partial charge in [-0.1, -0.05) is 13.8 Å². The molecule has 4 heteroatoms. The van der Waals surface area contributed by atoms with Gasteiger partial charge in [0, 0.05) is 19.1 Å². The maximum absolute atomic E-state index is 12.5. The zero-order chi connectivity index (χ0) is 15.0. The monoisotopic (exact) mass is 282 g/mol. The zero-order valence-electron chi connectivity index (χ0n) is 13.7. The Morgan fingerprint density at radius 1 is 1.45 bits per heavy atom. The Kier molecular flexibility index (Phi) is 4.45. The molecule has 20 heavy (non-hydrogen) atoms. The Labute approximate surface area is 123 Å². The molecule has 0 aromatic carbocycles. The highest BCUT2D eigenvalue weighted by Gasteiger charge is 2.53. The highest BCUT2D eigenvalue weighted by molar-refractivity contribution is 5.82. The topological polar surface area (TPSA) is 41.6 Å². The summed E-state index contributed by atoms with van der Waals surface area (Å²) >= 11 is 0. The maximum atomic E-state index is 12.5. The summed E-state index contributed by atoms with van der Waals surface area (Å²) < 4.78 is 5.15. The van der Waals surface area contributed by atoms with E-state index in [1.165, 1.54) is 13.5 Å². The molecule has 0 aromatic heterocycles. The van der Waals surface area contributed by atoms with E-state index in [1.54, 1.807) is 0 Å². The van der Waals surface area contributed by atoms with Gasteiger partial charge in [-0.05, 0) is 51.0 Å². The summed E-state index contributed by atoms with van der Waals surface area (Å²) in [5.41, 5.74) is -0.146. The smallest absolute Gasteiger partial charge is 0.327 e. The highest BCUT2D eigenvalue weighted by Crippen LogP contribution is 2.42. The van der Waals surface area contributed by atoms with Crippen molar-refractivity contribution in [3.05, 3.63) is 0 Å². The predicted octanol–water partition coefficient (Wildman–Crippen LogP) is 2.04. The van der Waals surface area contributed by atoms with E-state index in [0.29, 0.717) is 11.3 Å². The predicted molar refractivity (Wildman–Crippen MR) is 80.6 cm³/mol. The SMILES string of the molecule is COC(=O)C(CN1CCC(C)(C)C1)(NC(C)C)C1CC1. The van der Waals surface area contributed by atoms with Crippen LogP contribution in [0.3, 0.4) is 0 Å². The van der Waals surface area contributed by atoms with Gasteiger partial charge in [-0.15, -0.1) is 0 Å². The number of carbonyl (C=O) groups excluding carboxylic acids is 1. The first-order valence-electron chi connectivity index (χ1n) is 7.87. The van der Waals surface area contributed by atoms with Gasteiger partial charge in [0.15, 0.2) is 0 Å². The van der Waals surface area contributed by atoms with Crippen molar-refractivity contribution in [2.75, 3.05) is 26.7 Å². The van der Waals surface area contributed by atoms with Crippen LogP contribution in [0.25, 0.3) is 0 Å². The molecule has 1 saturated heterocycles. The van der Waals surface area contributed by atoms with E-state index < -0.39 is 5.54 Å². The van der Waals surface area contributed by atoms with Crippen LogP contribution in [0.2, 0.25) is 0 Å². The van der Waals surface area contributed by atoms with Crippen molar-refractivity contribution in [1.29, 1.82) is 0 Å². The van der Waals surface area contributed by atoms with E-state index in [0.717, 1.165) is 32.5 Å². The molecule has 0 bridgehead atoms. The molecule has 1 saturated carbocycles.